The third-order valence-corrected chi connectivity index (χ3v) is 7.41. The third-order valence-electron chi connectivity index (χ3n) is 6.61. The van der Waals surface area contributed by atoms with Gasteiger partial charge in [0.25, 0.3) is 5.79 Å². The van der Waals surface area contributed by atoms with Crippen LogP contribution in [0.15, 0.2) is 66.9 Å². The molecular weight excluding hydrogens is 611 g/mol. The topological polar surface area (TPSA) is 111 Å². The van der Waals surface area contributed by atoms with Gasteiger partial charge in [0.1, 0.15) is 6.61 Å². The lowest BCUT2D eigenvalue weighted by Crippen LogP contribution is -2.48. The normalized spacial score (nSPS) is 15.8. The molecule has 5 rings (SSSR count). The first-order chi connectivity index (χ1) is 18.7. The molecule has 0 aliphatic carbocycles. The van der Waals surface area contributed by atoms with Crippen molar-refractivity contribution >= 4 is 45.4 Å². The first-order valence-corrected chi connectivity index (χ1v) is 13.3. The largest absolute Gasteiger partial charge is 0.493 e. The Balaban J connectivity index is 1.60. The molecule has 0 bridgehead atoms. The molecule has 1 atom stereocenters. The molecule has 0 radical (unpaired) electrons. The molecule has 2 heterocycles. The standard InChI is InChI=1S/C30H25IN2O6/c1-30(2)38-28(34)26(29(35)39-30)25(21-15-33-23-11-7-6-10-20(21)23)19-12-22(31)27(24(13-19)36-3)37-16-18-9-5-4-8-17(18)14-32/h4-13,15,25-26,33H,16H2,1-3H3/t25-/m0/s1. The van der Waals surface area contributed by atoms with E-state index in [9.17, 15) is 14.9 Å². The minimum absolute atomic E-state index is 0.164. The second kappa shape index (κ2) is 10.6. The highest BCUT2D eigenvalue weighted by Gasteiger charge is 2.49. The van der Waals surface area contributed by atoms with E-state index in [-0.39, 0.29) is 6.61 Å². The van der Waals surface area contributed by atoms with E-state index in [1.807, 2.05) is 42.5 Å². The van der Waals surface area contributed by atoms with Gasteiger partial charge in [-0.2, -0.15) is 5.26 Å². The molecule has 9 heteroatoms. The number of cyclic esters (lactones) is 2. The molecule has 1 aliphatic rings. The van der Waals surface area contributed by atoms with E-state index in [1.165, 1.54) is 21.0 Å². The lowest BCUT2D eigenvalue weighted by molar-refractivity contribution is -0.240. The maximum Gasteiger partial charge on any atom is 0.324 e. The predicted molar refractivity (Wildman–Crippen MR) is 151 cm³/mol. The van der Waals surface area contributed by atoms with E-state index >= 15 is 0 Å². The smallest absolute Gasteiger partial charge is 0.324 e. The van der Waals surface area contributed by atoms with Crippen LogP contribution in [0.4, 0.5) is 0 Å². The van der Waals surface area contributed by atoms with E-state index in [0.29, 0.717) is 26.2 Å². The number of fused-ring (bicyclic) bond motifs is 1. The molecule has 3 aromatic carbocycles. The number of benzene rings is 3. The second-order valence-electron chi connectivity index (χ2n) is 9.58. The number of carbonyl (C=O) groups is 2. The van der Waals surface area contributed by atoms with E-state index in [1.54, 1.807) is 24.4 Å². The Labute approximate surface area is 239 Å². The molecule has 0 saturated carbocycles. The number of nitrogens with one attached hydrogen (secondary N) is 1. The van der Waals surface area contributed by atoms with Crippen molar-refractivity contribution in [2.45, 2.75) is 32.2 Å². The lowest BCUT2D eigenvalue weighted by atomic mass is 9.80. The number of carbonyl (C=O) groups excluding carboxylic acids is 2. The summed E-state index contributed by atoms with van der Waals surface area (Å²) in [6, 6.07) is 20.7. The van der Waals surface area contributed by atoms with Crippen LogP contribution in [0, 0.1) is 20.8 Å². The van der Waals surface area contributed by atoms with E-state index in [4.69, 9.17) is 18.9 Å². The maximum atomic E-state index is 13.3. The molecule has 0 unspecified atom stereocenters. The van der Waals surface area contributed by atoms with Crippen molar-refractivity contribution < 1.29 is 28.5 Å². The van der Waals surface area contributed by atoms with Crippen LogP contribution in [0.1, 0.15) is 42.0 Å². The Bertz CT molecular complexity index is 1600. The number of H-pyrrole nitrogens is 1. The number of esters is 2. The quantitative estimate of drug-likeness (QED) is 0.155. The minimum atomic E-state index is -1.35. The fraction of sp³-hybridized carbons (Fsp3) is 0.233. The summed E-state index contributed by atoms with van der Waals surface area (Å²) in [5.41, 5.74) is 3.55. The van der Waals surface area contributed by atoms with Gasteiger partial charge < -0.3 is 23.9 Å². The van der Waals surface area contributed by atoms with Crippen LogP contribution in [0.5, 0.6) is 11.5 Å². The van der Waals surface area contributed by atoms with Crippen molar-refractivity contribution in [2.75, 3.05) is 7.11 Å². The Morgan fingerprint density at radius 2 is 1.77 bits per heavy atom. The van der Waals surface area contributed by atoms with E-state index in [0.717, 1.165) is 22.0 Å². The first-order valence-electron chi connectivity index (χ1n) is 12.2. The van der Waals surface area contributed by atoms with Crippen LogP contribution in [0.3, 0.4) is 0 Å². The van der Waals surface area contributed by atoms with Gasteiger partial charge in [0.2, 0.25) is 0 Å². The fourth-order valence-electron chi connectivity index (χ4n) is 4.87. The van der Waals surface area contributed by atoms with Gasteiger partial charge in [0.05, 0.1) is 22.3 Å². The van der Waals surface area contributed by atoms with Gasteiger partial charge in [-0.3, -0.25) is 9.59 Å². The third kappa shape index (κ3) is 5.16. The number of methoxy groups -OCH3 is 1. The van der Waals surface area contributed by atoms with Crippen molar-refractivity contribution in [1.29, 1.82) is 5.26 Å². The maximum absolute atomic E-state index is 13.3. The summed E-state index contributed by atoms with van der Waals surface area (Å²) in [6.07, 6.45) is 1.80. The summed E-state index contributed by atoms with van der Waals surface area (Å²) >= 11 is 2.14. The summed E-state index contributed by atoms with van der Waals surface area (Å²) in [5, 5.41) is 10.3. The molecule has 1 aromatic heterocycles. The highest BCUT2D eigenvalue weighted by Crippen LogP contribution is 2.44. The molecule has 1 aliphatic heterocycles. The second-order valence-corrected chi connectivity index (χ2v) is 10.7. The number of hydrogen-bond donors (Lipinski definition) is 1. The lowest BCUT2D eigenvalue weighted by Gasteiger charge is -2.36. The van der Waals surface area contributed by atoms with Gasteiger partial charge in [0.15, 0.2) is 17.4 Å². The van der Waals surface area contributed by atoms with Crippen LogP contribution in [0.2, 0.25) is 0 Å². The van der Waals surface area contributed by atoms with Gasteiger partial charge in [-0.25, -0.2) is 0 Å². The zero-order valence-corrected chi connectivity index (χ0v) is 23.6. The molecule has 8 nitrogen and oxygen atoms in total. The Morgan fingerprint density at radius 1 is 1.08 bits per heavy atom. The Kier molecular flexibility index (Phi) is 7.23. The molecule has 198 valence electrons. The summed E-state index contributed by atoms with van der Waals surface area (Å²) in [7, 11) is 1.53. The Hall–Kier alpha value is -4.04. The summed E-state index contributed by atoms with van der Waals surface area (Å²) in [5.74, 6) is -3.71. The average molecular weight is 636 g/mol. The summed E-state index contributed by atoms with van der Waals surface area (Å²) < 4.78 is 23.6. The SMILES string of the molecule is COc1cc([C@@H](c2c[nH]c3ccccc23)C2C(=O)OC(C)(C)OC2=O)cc(I)c1OCc1ccccc1C#N. The molecule has 1 saturated heterocycles. The Morgan fingerprint density at radius 3 is 2.49 bits per heavy atom. The van der Waals surface area contributed by atoms with Crippen molar-refractivity contribution in [3.05, 3.63) is 92.7 Å². The number of aromatic amines is 1. The van der Waals surface area contributed by atoms with Gasteiger partial charge >= 0.3 is 11.9 Å². The molecule has 0 amide bonds. The molecule has 39 heavy (non-hydrogen) atoms. The van der Waals surface area contributed by atoms with Crippen LogP contribution in [-0.2, 0) is 25.7 Å². The molecule has 1 fully saturated rings. The number of aromatic nitrogens is 1. The van der Waals surface area contributed by atoms with E-state index < -0.39 is 29.6 Å². The monoisotopic (exact) mass is 636 g/mol. The van der Waals surface area contributed by atoms with Crippen LogP contribution >= 0.6 is 22.6 Å². The highest BCUT2D eigenvalue weighted by molar-refractivity contribution is 14.1. The fourth-order valence-corrected chi connectivity index (χ4v) is 5.65. The molecular formula is C30H25IN2O6. The zero-order chi connectivity index (χ0) is 27.7. The van der Waals surface area contributed by atoms with Crippen LogP contribution in [-0.4, -0.2) is 29.8 Å². The number of nitrogens with zero attached hydrogens (tertiary/aromatic N) is 1. The summed E-state index contributed by atoms with van der Waals surface area (Å²) in [4.78, 5) is 29.8. The van der Waals surface area contributed by atoms with Crippen LogP contribution < -0.4 is 9.47 Å². The number of rotatable bonds is 7. The van der Waals surface area contributed by atoms with Gasteiger partial charge in [-0.15, -0.1) is 0 Å². The number of para-hydroxylation sites is 1. The van der Waals surface area contributed by atoms with Gasteiger partial charge in [-0.05, 0) is 58.0 Å². The van der Waals surface area contributed by atoms with Crippen molar-refractivity contribution in [3.63, 3.8) is 0 Å². The van der Waals surface area contributed by atoms with Crippen LogP contribution in [0.25, 0.3) is 10.9 Å². The number of nitriles is 1. The number of hydrogen-bond acceptors (Lipinski definition) is 7. The molecule has 4 aromatic rings. The zero-order valence-electron chi connectivity index (χ0n) is 21.5. The summed E-state index contributed by atoms with van der Waals surface area (Å²) in [6.45, 7) is 3.22. The number of halogens is 1. The first kappa shape index (κ1) is 26.6. The predicted octanol–water partition coefficient (Wildman–Crippen LogP) is 5.82. The molecule has 0 spiro atoms. The van der Waals surface area contributed by atoms with Crippen molar-refractivity contribution in [2.24, 2.45) is 5.92 Å². The van der Waals surface area contributed by atoms with E-state index in [2.05, 4.69) is 33.6 Å². The highest BCUT2D eigenvalue weighted by atomic mass is 127. The van der Waals surface area contributed by atoms with Gasteiger partial charge in [0, 0.05) is 42.4 Å². The minimum Gasteiger partial charge on any atom is -0.493 e. The average Bonchev–Trinajstić information content (AvgIpc) is 3.33. The number of ether oxygens (including phenoxy) is 4. The van der Waals surface area contributed by atoms with Crippen molar-refractivity contribution in [1.82, 2.24) is 4.98 Å². The molecule has 1 N–H and O–H groups in total. The van der Waals surface area contributed by atoms with Gasteiger partial charge in [-0.1, -0.05) is 36.4 Å². The van der Waals surface area contributed by atoms with Crippen molar-refractivity contribution in [3.8, 4) is 17.6 Å².